The highest BCUT2D eigenvalue weighted by Crippen LogP contribution is 2.47. The molecule has 78 heavy (non-hydrogen) atoms. The summed E-state index contributed by atoms with van der Waals surface area (Å²) in [5, 5.41) is 37.0. The number of carbonyl (C=O) groups is 2. The third-order valence-corrected chi connectivity index (χ3v) is 17.0. The number of fused-ring (bicyclic) bond motifs is 3. The van der Waals surface area contributed by atoms with E-state index >= 15 is 4.39 Å². The van der Waals surface area contributed by atoms with E-state index in [0.29, 0.717) is 90.2 Å². The first kappa shape index (κ1) is 53.1. The molecule has 4 fully saturated rings. The number of rotatable bonds is 16. The second-order valence-corrected chi connectivity index (χ2v) is 23.4. The third kappa shape index (κ3) is 11.3. The van der Waals surface area contributed by atoms with Crippen molar-refractivity contribution < 1.29 is 34.0 Å². The molecule has 4 aliphatic heterocycles. The monoisotopic (exact) mass is 1060 g/mol. The molecule has 16 heteroatoms. The molecule has 1 aliphatic carbocycles. The summed E-state index contributed by atoms with van der Waals surface area (Å²) in [6.07, 6.45) is 13.0. The average molecular weight is 1060 g/mol. The van der Waals surface area contributed by atoms with Crippen LogP contribution in [0.3, 0.4) is 0 Å². The molecule has 11 rings (SSSR count). The maximum atomic E-state index is 17.3. The minimum absolute atomic E-state index is 0.00243. The van der Waals surface area contributed by atoms with Crippen LogP contribution in [0.25, 0.3) is 32.9 Å². The fourth-order valence-electron chi connectivity index (χ4n) is 12.5. The van der Waals surface area contributed by atoms with E-state index in [1.54, 1.807) is 36.2 Å². The van der Waals surface area contributed by atoms with Crippen LogP contribution in [0.2, 0.25) is 0 Å². The summed E-state index contributed by atoms with van der Waals surface area (Å²) in [5.74, 6) is 2.93. The number of anilines is 1. The van der Waals surface area contributed by atoms with Gasteiger partial charge < -0.3 is 49.8 Å². The number of likely N-dealkylation sites (tertiary alicyclic amines) is 1. The molecular weight excluding hydrogens is 986 g/mol. The Labute approximate surface area is 456 Å². The number of hydrogen-bond donors (Lipinski definition) is 4. The van der Waals surface area contributed by atoms with Crippen molar-refractivity contribution in [2.75, 3.05) is 77.0 Å². The van der Waals surface area contributed by atoms with Gasteiger partial charge in [-0.15, -0.1) is 6.42 Å². The number of phenolic OH excluding ortho intramolecular Hbond substituents is 3. The van der Waals surface area contributed by atoms with Crippen molar-refractivity contribution >= 4 is 39.2 Å². The zero-order valence-electron chi connectivity index (χ0n) is 45.4. The van der Waals surface area contributed by atoms with E-state index in [1.807, 2.05) is 26.0 Å². The lowest BCUT2D eigenvalue weighted by atomic mass is 9.95. The van der Waals surface area contributed by atoms with Crippen LogP contribution in [-0.2, 0) is 24.4 Å². The number of pyridine rings is 1. The molecule has 15 nitrogen and oxygen atoms in total. The van der Waals surface area contributed by atoms with Crippen molar-refractivity contribution in [1.82, 2.24) is 39.9 Å². The van der Waals surface area contributed by atoms with E-state index in [4.69, 9.17) is 21.1 Å². The Hall–Kier alpha value is -6.90. The first-order valence-corrected chi connectivity index (χ1v) is 27.9. The predicted molar refractivity (Wildman–Crippen MR) is 300 cm³/mol. The van der Waals surface area contributed by atoms with Crippen molar-refractivity contribution in [2.45, 2.75) is 104 Å². The lowest BCUT2D eigenvalue weighted by Gasteiger charge is -2.40. The standard InChI is InChI=1S/C62H72FN9O6/c1-6-43-8-7-9-44-25-48(74)26-51(55(43)44)57-56(63)58-52(29-64-57)59(71-30-39(4)65-47(35-71)13-10-40(5)73)67-61(66-58)78-37-62(16-17-62)36-70-22-20-69(21-23-70)31-41-14-18-68(19-15-41)32-42-11-12-45-33-72(34-46(45)24-42)60(77)50-27-49(38(2)3)53(75)28-54(50)76/h1,7-9,11-12,24-29,38-39,41,47,65,74-76H,10,13-23,30-37H2,2-5H3. The summed E-state index contributed by atoms with van der Waals surface area (Å²) in [7, 11) is 0. The zero-order chi connectivity index (χ0) is 54.4. The summed E-state index contributed by atoms with van der Waals surface area (Å²) in [6, 6.07) is 18.2. The molecule has 2 unspecified atom stereocenters. The van der Waals surface area contributed by atoms with Crippen molar-refractivity contribution in [2.24, 2.45) is 11.3 Å². The van der Waals surface area contributed by atoms with Crippen molar-refractivity contribution in [3.63, 3.8) is 0 Å². The van der Waals surface area contributed by atoms with Crippen LogP contribution in [-0.4, -0.2) is 146 Å². The van der Waals surface area contributed by atoms with Crippen LogP contribution in [0.1, 0.15) is 110 Å². The Balaban J connectivity index is 0.701. The van der Waals surface area contributed by atoms with Gasteiger partial charge >= 0.3 is 6.01 Å². The van der Waals surface area contributed by atoms with Gasteiger partial charge in [-0.1, -0.05) is 50.1 Å². The number of benzene rings is 4. The minimum atomic E-state index is -0.656. The molecule has 1 saturated carbocycles. The third-order valence-electron chi connectivity index (χ3n) is 17.0. The highest BCUT2D eigenvalue weighted by Gasteiger charge is 2.45. The van der Waals surface area contributed by atoms with Crippen LogP contribution in [0.4, 0.5) is 10.2 Å². The maximum Gasteiger partial charge on any atom is 0.319 e. The lowest BCUT2D eigenvalue weighted by molar-refractivity contribution is -0.117. The Kier molecular flexibility index (Phi) is 15.0. The number of ketones is 1. The van der Waals surface area contributed by atoms with Gasteiger partial charge in [0.15, 0.2) is 5.82 Å². The first-order valence-electron chi connectivity index (χ1n) is 27.9. The number of terminal acetylenes is 1. The van der Waals surface area contributed by atoms with E-state index in [0.717, 1.165) is 95.7 Å². The number of phenols is 3. The summed E-state index contributed by atoms with van der Waals surface area (Å²) >= 11 is 0. The van der Waals surface area contributed by atoms with Gasteiger partial charge in [-0.3, -0.25) is 14.7 Å². The fourth-order valence-corrected chi connectivity index (χ4v) is 12.5. The molecule has 0 bridgehead atoms. The van der Waals surface area contributed by atoms with Crippen LogP contribution >= 0.6 is 0 Å². The highest BCUT2D eigenvalue weighted by atomic mass is 19.1. The van der Waals surface area contributed by atoms with E-state index in [1.165, 1.54) is 17.7 Å². The van der Waals surface area contributed by atoms with Crippen LogP contribution in [0, 0.1) is 29.5 Å². The number of halogens is 1. The molecule has 408 valence electrons. The minimum Gasteiger partial charge on any atom is -0.508 e. The van der Waals surface area contributed by atoms with Gasteiger partial charge in [0.05, 0.1) is 17.6 Å². The molecule has 2 aromatic heterocycles. The summed E-state index contributed by atoms with van der Waals surface area (Å²) in [6.45, 7) is 19.2. The molecule has 0 spiro atoms. The van der Waals surface area contributed by atoms with E-state index < -0.39 is 5.82 Å². The van der Waals surface area contributed by atoms with E-state index in [9.17, 15) is 24.9 Å². The largest absolute Gasteiger partial charge is 0.508 e. The molecule has 6 aromatic rings. The second kappa shape index (κ2) is 22.1. The van der Waals surface area contributed by atoms with E-state index in [2.05, 4.69) is 60.9 Å². The molecule has 4 N–H and O–H groups in total. The topological polar surface area (TPSA) is 171 Å². The zero-order valence-corrected chi connectivity index (χ0v) is 45.4. The Morgan fingerprint density at radius 2 is 1.68 bits per heavy atom. The Morgan fingerprint density at radius 3 is 2.42 bits per heavy atom. The van der Waals surface area contributed by atoms with Gasteiger partial charge in [0.2, 0.25) is 0 Å². The molecule has 4 aromatic carbocycles. The van der Waals surface area contributed by atoms with Gasteiger partial charge in [0.25, 0.3) is 5.91 Å². The van der Waals surface area contributed by atoms with Gasteiger partial charge in [-0.25, -0.2) is 4.39 Å². The summed E-state index contributed by atoms with van der Waals surface area (Å²) < 4.78 is 23.9. The number of piperazine rings is 2. The van der Waals surface area contributed by atoms with Gasteiger partial charge in [-0.05, 0) is 123 Å². The van der Waals surface area contributed by atoms with Crippen molar-refractivity contribution in [1.29, 1.82) is 0 Å². The SMILES string of the molecule is C#Cc1cccc2cc(O)cc(-c3ncc4c(N5CC(C)NC(CCC(C)=O)C5)nc(OCC5(CN6CCN(CC7CCN(Cc8ccc9c(c8)CN(C(=O)c8cc(C(C)C)c(O)cc8O)C9)CC7)CC6)CC5)nc4c3F)c12. The summed E-state index contributed by atoms with van der Waals surface area (Å²) in [4.78, 5) is 51.7. The van der Waals surface area contributed by atoms with Crippen LogP contribution in [0.5, 0.6) is 23.3 Å². The highest BCUT2D eigenvalue weighted by molar-refractivity contribution is 6.03. The number of ether oxygens (including phenoxy) is 1. The number of Topliss-reactive ketones (excluding diaryl/α,β-unsaturated/α-hetero) is 1. The average Bonchev–Trinajstić information content (AvgIpc) is 4.16. The van der Waals surface area contributed by atoms with Crippen LogP contribution in [0.15, 0.2) is 66.9 Å². The molecule has 5 aliphatic rings. The molecule has 6 heterocycles. The van der Waals surface area contributed by atoms with Gasteiger partial charge in [-0.2, -0.15) is 9.97 Å². The Bertz CT molecular complexity index is 3310. The lowest BCUT2D eigenvalue weighted by Crippen LogP contribution is -2.55. The number of nitrogens with one attached hydrogen (secondary N) is 1. The number of hydrogen-bond acceptors (Lipinski definition) is 14. The predicted octanol–water partition coefficient (Wildman–Crippen LogP) is 8.59. The summed E-state index contributed by atoms with van der Waals surface area (Å²) in [5.41, 5.74) is 5.38. The molecule has 0 radical (unpaired) electrons. The normalized spacial score (nSPS) is 20.1. The first-order chi connectivity index (χ1) is 37.6. The van der Waals surface area contributed by atoms with Crippen molar-refractivity contribution in [3.05, 3.63) is 106 Å². The van der Waals surface area contributed by atoms with E-state index in [-0.39, 0.29) is 75.1 Å². The number of aromatic hydroxyl groups is 3. The molecular formula is C62H72FN9O6. The number of piperidine rings is 1. The number of amides is 1. The maximum absolute atomic E-state index is 17.3. The van der Waals surface area contributed by atoms with Gasteiger partial charge in [0.1, 0.15) is 40.1 Å². The van der Waals surface area contributed by atoms with Gasteiger partial charge in [0, 0.05) is 125 Å². The molecule has 1 amide bonds. The smallest absolute Gasteiger partial charge is 0.319 e. The number of aromatic nitrogens is 3. The quantitative estimate of drug-likeness (QED) is 0.0680. The number of nitrogens with zero attached hydrogens (tertiary/aromatic N) is 8. The molecule has 3 saturated heterocycles. The Morgan fingerprint density at radius 1 is 0.910 bits per heavy atom. The number of carbonyl (C=O) groups excluding carboxylic acids is 2. The fraction of sp³-hybridized carbons (Fsp3) is 0.468. The second-order valence-electron chi connectivity index (χ2n) is 23.4. The van der Waals surface area contributed by atoms with Crippen LogP contribution < -0.4 is 15.0 Å². The molecule has 2 atom stereocenters. The van der Waals surface area contributed by atoms with Crippen molar-refractivity contribution in [3.8, 4) is 46.9 Å².